The number of fused-ring (bicyclic) bond motifs is 1. The zero-order valence-electron chi connectivity index (χ0n) is 20.0. The van der Waals surface area contributed by atoms with Crippen molar-refractivity contribution in [1.29, 1.82) is 0 Å². The van der Waals surface area contributed by atoms with Crippen molar-refractivity contribution in [3.63, 3.8) is 0 Å². The predicted molar refractivity (Wildman–Crippen MR) is 135 cm³/mol. The van der Waals surface area contributed by atoms with Crippen molar-refractivity contribution in [3.05, 3.63) is 65.0 Å². The summed E-state index contributed by atoms with van der Waals surface area (Å²) in [5.74, 6) is 0.961. The molecule has 34 heavy (non-hydrogen) atoms. The van der Waals surface area contributed by atoms with Crippen molar-refractivity contribution in [2.45, 2.75) is 39.3 Å². The highest BCUT2D eigenvalue weighted by Crippen LogP contribution is 2.27. The van der Waals surface area contributed by atoms with Crippen LogP contribution in [0.25, 0.3) is 0 Å². The highest BCUT2D eigenvalue weighted by molar-refractivity contribution is 5.99. The first-order valence-electron chi connectivity index (χ1n) is 11.4. The highest BCUT2D eigenvalue weighted by Gasteiger charge is 2.22. The van der Waals surface area contributed by atoms with E-state index in [-0.39, 0.29) is 13.9 Å². The van der Waals surface area contributed by atoms with E-state index in [9.17, 15) is 9.90 Å². The monoisotopic (exact) mass is 463 g/mol. The number of hydrogen-bond donors (Lipinski definition) is 4. The fraction of sp³-hybridized carbons (Fsp3) is 0.360. The molecule has 0 fully saturated rings. The van der Waals surface area contributed by atoms with Crippen molar-refractivity contribution in [2.75, 3.05) is 30.8 Å². The van der Waals surface area contributed by atoms with Crippen LogP contribution in [0.4, 0.5) is 23.3 Å². The van der Waals surface area contributed by atoms with Crippen LogP contribution in [0.15, 0.2) is 42.6 Å². The number of nitrogens with zero attached hydrogens (tertiary/aromatic N) is 4. The van der Waals surface area contributed by atoms with Gasteiger partial charge in [0, 0.05) is 38.4 Å². The Balaban J connectivity index is 0.00000342. The summed E-state index contributed by atoms with van der Waals surface area (Å²) in [5, 5.41) is 18.9. The van der Waals surface area contributed by atoms with Crippen LogP contribution in [-0.2, 0) is 18.5 Å². The van der Waals surface area contributed by atoms with Gasteiger partial charge in [0.05, 0.1) is 12.3 Å². The Kier molecular flexibility index (Phi) is 6.76. The second-order valence-corrected chi connectivity index (χ2v) is 9.17. The molecule has 3 heterocycles. The first kappa shape index (κ1) is 23.6. The number of rotatable bonds is 8. The van der Waals surface area contributed by atoms with Gasteiger partial charge in [-0.05, 0) is 49.4 Å². The van der Waals surface area contributed by atoms with Gasteiger partial charge in [-0.3, -0.25) is 9.69 Å². The van der Waals surface area contributed by atoms with E-state index in [1.807, 2.05) is 39.0 Å². The predicted octanol–water partition coefficient (Wildman–Crippen LogP) is 3.57. The molecule has 0 spiro atoms. The number of carbonyl (C=O) groups is 1. The molecule has 0 unspecified atom stereocenters. The summed E-state index contributed by atoms with van der Waals surface area (Å²) < 4.78 is 0. The van der Waals surface area contributed by atoms with Gasteiger partial charge in [0.15, 0.2) is 0 Å². The quantitative estimate of drug-likeness (QED) is 0.401. The van der Waals surface area contributed by atoms with Crippen molar-refractivity contribution >= 4 is 29.2 Å². The number of amides is 1. The molecule has 0 atom stereocenters. The van der Waals surface area contributed by atoms with Gasteiger partial charge in [0.1, 0.15) is 17.2 Å². The smallest absolute Gasteiger partial charge is 0.256 e. The topological polar surface area (TPSA) is 115 Å². The lowest BCUT2D eigenvalue weighted by atomic mass is 9.90. The number of anilines is 4. The van der Waals surface area contributed by atoms with Crippen LogP contribution in [0.3, 0.4) is 0 Å². The minimum absolute atomic E-state index is 0. The Bertz CT molecular complexity index is 1200. The summed E-state index contributed by atoms with van der Waals surface area (Å²) in [6.07, 6.45) is 1.51. The zero-order valence-corrected chi connectivity index (χ0v) is 20.0. The van der Waals surface area contributed by atoms with E-state index in [1.165, 1.54) is 17.3 Å². The van der Waals surface area contributed by atoms with Crippen LogP contribution in [0.1, 0.15) is 49.4 Å². The van der Waals surface area contributed by atoms with Gasteiger partial charge in [-0.2, -0.15) is 4.98 Å². The van der Waals surface area contributed by atoms with Gasteiger partial charge in [-0.15, -0.1) is 0 Å². The number of pyridine rings is 1. The lowest BCUT2D eigenvalue weighted by molar-refractivity contribution is 0.0956. The second kappa shape index (κ2) is 9.74. The number of aliphatic hydroxyl groups excluding tert-OH is 1. The third-order valence-electron chi connectivity index (χ3n) is 5.80. The molecule has 0 radical (unpaired) electrons. The maximum absolute atomic E-state index is 12.6. The van der Waals surface area contributed by atoms with Crippen molar-refractivity contribution in [1.82, 2.24) is 25.2 Å². The Hall–Kier alpha value is -3.56. The third kappa shape index (κ3) is 5.16. The molecule has 1 aliphatic rings. The van der Waals surface area contributed by atoms with E-state index in [2.05, 4.69) is 55.0 Å². The summed E-state index contributed by atoms with van der Waals surface area (Å²) in [6, 6.07) is 11.7. The van der Waals surface area contributed by atoms with Gasteiger partial charge in [0.2, 0.25) is 5.95 Å². The average molecular weight is 464 g/mol. The Morgan fingerprint density at radius 2 is 1.94 bits per heavy atom. The van der Waals surface area contributed by atoms with Crippen LogP contribution >= 0.6 is 0 Å². The Morgan fingerprint density at radius 1 is 1.15 bits per heavy atom. The molecule has 4 rings (SSSR count). The van der Waals surface area contributed by atoms with Crippen molar-refractivity contribution in [3.8, 4) is 0 Å². The van der Waals surface area contributed by atoms with E-state index in [0.717, 1.165) is 24.5 Å². The SMILES string of the molecule is CCNC(=O)c1cnc(Nc2ccc3c(c2)CN(C)C3)nc1Nc1cccc(C(C)(C)CO)n1.[HH]. The molecule has 3 aromatic rings. The van der Waals surface area contributed by atoms with E-state index in [0.29, 0.717) is 29.7 Å². The lowest BCUT2D eigenvalue weighted by Gasteiger charge is -2.21. The fourth-order valence-electron chi connectivity index (χ4n) is 3.81. The van der Waals surface area contributed by atoms with Crippen molar-refractivity contribution < 1.29 is 11.3 Å². The number of aliphatic hydroxyl groups is 1. The van der Waals surface area contributed by atoms with Crippen LogP contribution in [0, 0.1) is 0 Å². The number of benzene rings is 1. The molecule has 0 saturated heterocycles. The minimum Gasteiger partial charge on any atom is -0.395 e. The highest BCUT2D eigenvalue weighted by atomic mass is 16.3. The largest absolute Gasteiger partial charge is 0.395 e. The maximum atomic E-state index is 12.6. The van der Waals surface area contributed by atoms with E-state index in [4.69, 9.17) is 0 Å². The summed E-state index contributed by atoms with van der Waals surface area (Å²) in [4.78, 5) is 28.5. The molecule has 1 aromatic carbocycles. The number of aromatic nitrogens is 3. The number of carbonyl (C=O) groups excluding carboxylic acids is 1. The molecular formula is C25H33N7O2. The van der Waals surface area contributed by atoms with E-state index >= 15 is 0 Å². The van der Waals surface area contributed by atoms with Gasteiger partial charge in [-0.25, -0.2) is 9.97 Å². The fourth-order valence-corrected chi connectivity index (χ4v) is 3.81. The van der Waals surface area contributed by atoms with Gasteiger partial charge < -0.3 is 21.1 Å². The maximum Gasteiger partial charge on any atom is 0.256 e. The van der Waals surface area contributed by atoms with E-state index < -0.39 is 5.41 Å². The third-order valence-corrected chi connectivity index (χ3v) is 5.80. The molecular weight excluding hydrogens is 430 g/mol. The molecule has 1 aliphatic heterocycles. The summed E-state index contributed by atoms with van der Waals surface area (Å²) in [7, 11) is 2.10. The Labute approximate surface area is 201 Å². The molecule has 0 bridgehead atoms. The van der Waals surface area contributed by atoms with E-state index in [1.54, 1.807) is 6.07 Å². The molecule has 180 valence electrons. The summed E-state index contributed by atoms with van der Waals surface area (Å²) in [5.41, 5.74) is 4.03. The normalized spacial score (nSPS) is 13.4. The first-order chi connectivity index (χ1) is 16.3. The second-order valence-electron chi connectivity index (χ2n) is 9.17. The van der Waals surface area contributed by atoms with Crippen LogP contribution in [0.5, 0.6) is 0 Å². The minimum atomic E-state index is -0.500. The first-order valence-corrected chi connectivity index (χ1v) is 11.4. The average Bonchev–Trinajstić information content (AvgIpc) is 3.19. The summed E-state index contributed by atoms with van der Waals surface area (Å²) >= 11 is 0. The van der Waals surface area contributed by atoms with Gasteiger partial charge >= 0.3 is 0 Å². The van der Waals surface area contributed by atoms with Gasteiger partial charge in [0.25, 0.3) is 5.91 Å². The number of nitrogens with one attached hydrogen (secondary N) is 3. The molecule has 4 N–H and O–H groups in total. The molecule has 2 aromatic heterocycles. The van der Waals surface area contributed by atoms with Gasteiger partial charge in [-0.1, -0.05) is 26.0 Å². The summed E-state index contributed by atoms with van der Waals surface area (Å²) in [6.45, 7) is 7.99. The zero-order chi connectivity index (χ0) is 24.3. The molecule has 9 nitrogen and oxygen atoms in total. The van der Waals surface area contributed by atoms with Crippen LogP contribution in [0.2, 0.25) is 0 Å². The lowest BCUT2D eigenvalue weighted by Crippen LogP contribution is -2.25. The van der Waals surface area contributed by atoms with Crippen LogP contribution < -0.4 is 16.0 Å². The number of hydrogen-bond acceptors (Lipinski definition) is 8. The molecule has 1 amide bonds. The molecule has 0 saturated carbocycles. The molecule has 0 aliphatic carbocycles. The Morgan fingerprint density at radius 3 is 2.71 bits per heavy atom. The molecule has 9 heteroatoms. The van der Waals surface area contributed by atoms with Crippen LogP contribution in [-0.4, -0.2) is 51.1 Å². The van der Waals surface area contributed by atoms with Crippen molar-refractivity contribution in [2.24, 2.45) is 0 Å². The standard InChI is InChI=1S/C25H31N7O2.H2/c1-5-26-23(34)19-12-27-24(28-18-10-9-16-13-32(4)14-17(16)11-18)31-22(19)30-21-8-6-7-20(29-21)25(2,3)15-33;/h6-12,33H,5,13-15H2,1-4H3,(H,26,34)(H2,27,28,29,30,31);1H.